The van der Waals surface area contributed by atoms with Crippen molar-refractivity contribution in [2.45, 2.75) is 53.9 Å². The lowest BCUT2D eigenvalue weighted by Crippen LogP contribution is -2.25. The molecular weight excluding hydrogens is 692 g/mol. The fourth-order valence-corrected chi connectivity index (χ4v) is 5.33. The summed E-state index contributed by atoms with van der Waals surface area (Å²) in [6.07, 6.45) is -0.180. The number of aromatic carboxylic acids is 1. The highest BCUT2D eigenvalue weighted by molar-refractivity contribution is 6.09. The minimum atomic E-state index is -1.33. The fraction of sp³-hybridized carbons (Fsp3) is 0.244. The van der Waals surface area contributed by atoms with Gasteiger partial charge in [0.25, 0.3) is 11.8 Å². The van der Waals surface area contributed by atoms with Gasteiger partial charge < -0.3 is 31.3 Å². The van der Waals surface area contributed by atoms with E-state index in [9.17, 15) is 49.3 Å². The summed E-state index contributed by atoms with van der Waals surface area (Å²) in [5.74, 6) is -5.30. The number of hydrogen-bond donors (Lipinski definition) is 6. The Morgan fingerprint density at radius 2 is 1.22 bits per heavy atom. The van der Waals surface area contributed by atoms with E-state index in [1.54, 1.807) is 24.3 Å². The van der Waals surface area contributed by atoms with Crippen molar-refractivity contribution in [3.8, 4) is 17.6 Å². The Morgan fingerprint density at radius 3 is 1.76 bits per heavy atom. The smallest absolute Gasteiger partial charge is 0.339 e. The molecule has 0 saturated heterocycles. The van der Waals surface area contributed by atoms with Crippen molar-refractivity contribution in [3.05, 3.63) is 112 Å². The first-order valence-electron chi connectivity index (χ1n) is 16.9. The minimum Gasteiger partial charge on any atom is -0.507 e. The van der Waals surface area contributed by atoms with Gasteiger partial charge in [-0.1, -0.05) is 45.0 Å². The van der Waals surface area contributed by atoms with Gasteiger partial charge in [-0.05, 0) is 67.9 Å². The number of amides is 3. The van der Waals surface area contributed by atoms with Gasteiger partial charge in [0.2, 0.25) is 5.91 Å². The van der Waals surface area contributed by atoms with Gasteiger partial charge in [0.15, 0.2) is 5.78 Å². The van der Waals surface area contributed by atoms with Crippen molar-refractivity contribution in [3.63, 3.8) is 0 Å². The van der Waals surface area contributed by atoms with Crippen LogP contribution in [0.2, 0.25) is 0 Å². The molecular formula is C41H40N4O9. The molecule has 3 amide bonds. The fourth-order valence-electron chi connectivity index (χ4n) is 5.33. The first-order chi connectivity index (χ1) is 25.4. The third-order valence-corrected chi connectivity index (χ3v) is 8.87. The Kier molecular flexibility index (Phi) is 12.3. The molecule has 1 unspecified atom stereocenters. The van der Waals surface area contributed by atoms with Gasteiger partial charge in [0, 0.05) is 64.0 Å². The van der Waals surface area contributed by atoms with Gasteiger partial charge in [0.1, 0.15) is 22.8 Å². The lowest BCUT2D eigenvalue weighted by Gasteiger charge is -2.16. The van der Waals surface area contributed by atoms with Gasteiger partial charge >= 0.3 is 5.97 Å². The predicted octanol–water partition coefficient (Wildman–Crippen LogP) is 6.82. The van der Waals surface area contributed by atoms with Crippen LogP contribution in [0.3, 0.4) is 0 Å². The molecule has 0 spiro atoms. The van der Waals surface area contributed by atoms with E-state index in [1.807, 2.05) is 26.8 Å². The van der Waals surface area contributed by atoms with Crippen LogP contribution in [0, 0.1) is 36.5 Å². The molecule has 4 rings (SSSR count). The van der Waals surface area contributed by atoms with Crippen molar-refractivity contribution >= 4 is 52.3 Å². The van der Waals surface area contributed by atoms with Crippen LogP contribution < -0.4 is 16.0 Å². The Balaban J connectivity index is 1.37. The van der Waals surface area contributed by atoms with Crippen molar-refractivity contribution < 1.29 is 44.1 Å². The number of carboxylic acid groups (broad SMARTS) is 1. The van der Waals surface area contributed by atoms with Crippen LogP contribution in [-0.4, -0.2) is 50.6 Å². The summed E-state index contributed by atoms with van der Waals surface area (Å²) in [5.41, 5.74) is 1.35. The zero-order valence-electron chi connectivity index (χ0n) is 30.4. The largest absolute Gasteiger partial charge is 0.507 e. The molecule has 0 bridgehead atoms. The first kappa shape index (κ1) is 40.0. The van der Waals surface area contributed by atoms with Crippen molar-refractivity contribution in [1.29, 1.82) is 5.26 Å². The number of carboxylic acids is 1. The molecule has 0 aliphatic rings. The first-order valence-corrected chi connectivity index (χ1v) is 16.9. The molecule has 0 fully saturated rings. The van der Waals surface area contributed by atoms with Crippen LogP contribution in [0.15, 0.2) is 72.8 Å². The number of phenolic OH excluding ortho intramolecular Hbond substituents is 1. The number of nitriles is 1. The van der Waals surface area contributed by atoms with Crippen LogP contribution >= 0.6 is 0 Å². The predicted molar refractivity (Wildman–Crippen MR) is 201 cm³/mol. The van der Waals surface area contributed by atoms with E-state index in [2.05, 4.69) is 16.0 Å². The highest BCUT2D eigenvalue weighted by Gasteiger charge is 2.25. The zero-order chi connectivity index (χ0) is 39.9. The SMILES string of the molecule is Cc1c(NC(=O)c2ccc(NC(=O)c3ccc(NC(=O)C(CC#N)CC(=O)c4ccc(CC(=O)C(C)(C)C)cc4)cc3)c(C)c2O)ccc(C(=O)O)c1O. The van der Waals surface area contributed by atoms with E-state index >= 15 is 0 Å². The van der Waals surface area contributed by atoms with Crippen molar-refractivity contribution in [1.82, 2.24) is 0 Å². The Morgan fingerprint density at radius 1 is 0.704 bits per heavy atom. The number of nitrogens with one attached hydrogen (secondary N) is 3. The molecule has 1 atom stereocenters. The normalized spacial score (nSPS) is 11.5. The number of hydrogen-bond acceptors (Lipinski definition) is 9. The minimum absolute atomic E-state index is 0.0651. The monoisotopic (exact) mass is 732 g/mol. The van der Waals surface area contributed by atoms with Gasteiger partial charge in [0.05, 0.1) is 17.6 Å². The quantitative estimate of drug-likeness (QED) is 0.0787. The highest BCUT2D eigenvalue weighted by atomic mass is 16.4. The third kappa shape index (κ3) is 9.54. The summed E-state index contributed by atoms with van der Waals surface area (Å²) < 4.78 is 0. The van der Waals surface area contributed by atoms with Crippen LogP contribution in [0.4, 0.5) is 17.1 Å². The number of rotatable bonds is 13. The average Bonchev–Trinajstić information content (AvgIpc) is 3.12. The average molecular weight is 733 g/mol. The lowest BCUT2D eigenvalue weighted by atomic mass is 9.87. The van der Waals surface area contributed by atoms with Gasteiger partial charge in [-0.25, -0.2) is 4.79 Å². The second kappa shape index (κ2) is 16.7. The summed E-state index contributed by atoms with van der Waals surface area (Å²) in [6, 6.07) is 19.6. The van der Waals surface area contributed by atoms with E-state index in [4.69, 9.17) is 0 Å². The molecule has 0 aromatic heterocycles. The number of phenols is 2. The Bertz CT molecular complexity index is 2180. The summed E-state index contributed by atoms with van der Waals surface area (Å²) in [4.78, 5) is 75.8. The molecule has 6 N–H and O–H groups in total. The maximum Gasteiger partial charge on any atom is 0.339 e. The summed E-state index contributed by atoms with van der Waals surface area (Å²) in [7, 11) is 0. The number of anilines is 3. The number of nitrogens with zero attached hydrogens (tertiary/aromatic N) is 1. The lowest BCUT2D eigenvalue weighted by molar-refractivity contribution is -0.125. The molecule has 0 aliphatic heterocycles. The molecule has 13 nitrogen and oxygen atoms in total. The summed E-state index contributed by atoms with van der Waals surface area (Å²) in [6.45, 7) is 8.44. The molecule has 4 aromatic carbocycles. The summed E-state index contributed by atoms with van der Waals surface area (Å²) in [5, 5.41) is 47.4. The number of aromatic hydroxyl groups is 2. The molecule has 0 saturated carbocycles. The molecule has 54 heavy (non-hydrogen) atoms. The topological polar surface area (TPSA) is 223 Å². The second-order valence-corrected chi connectivity index (χ2v) is 13.8. The maximum atomic E-state index is 13.1. The third-order valence-electron chi connectivity index (χ3n) is 8.87. The summed E-state index contributed by atoms with van der Waals surface area (Å²) >= 11 is 0. The van der Waals surface area contributed by atoms with Crippen molar-refractivity contribution in [2.24, 2.45) is 11.3 Å². The van der Waals surface area contributed by atoms with Gasteiger partial charge in [-0.2, -0.15) is 5.26 Å². The molecule has 0 heterocycles. The number of benzene rings is 4. The standard InChI is InChI=1S/C41H40N4O9/c1-22-31(16-14-29(35(22)48)39(52)45-32-17-15-30(40(53)54)36(49)23(32)2)44-37(50)26-10-12-28(13-11-26)43-38(51)27(18-19-42)21-33(46)25-8-6-24(7-9-25)20-34(47)41(3,4)5/h6-17,27,48-49H,18,20-21H2,1-5H3,(H,43,51)(H,44,50)(H,45,52)(H,53,54). The second-order valence-electron chi connectivity index (χ2n) is 13.8. The number of carbonyl (C=O) groups excluding carboxylic acids is 5. The molecule has 278 valence electrons. The van der Waals surface area contributed by atoms with Gasteiger partial charge in [-0.3, -0.25) is 24.0 Å². The van der Waals surface area contributed by atoms with E-state index in [0.717, 1.165) is 11.6 Å². The van der Waals surface area contributed by atoms with Gasteiger partial charge in [-0.15, -0.1) is 0 Å². The molecule has 0 radical (unpaired) electrons. The van der Waals surface area contributed by atoms with E-state index in [1.165, 1.54) is 56.3 Å². The van der Waals surface area contributed by atoms with Crippen LogP contribution in [0.5, 0.6) is 11.5 Å². The molecule has 0 aliphatic carbocycles. The number of Topliss-reactive ketones (excluding diaryl/α,β-unsaturated/α-hetero) is 2. The van der Waals surface area contributed by atoms with E-state index in [-0.39, 0.29) is 70.0 Å². The molecule has 4 aromatic rings. The molecule has 13 heteroatoms. The maximum absolute atomic E-state index is 13.1. The Labute approximate surface area is 311 Å². The number of carbonyl (C=O) groups is 6. The van der Waals surface area contributed by atoms with E-state index < -0.39 is 46.5 Å². The Hall–Kier alpha value is -6.81. The van der Waals surface area contributed by atoms with E-state index in [0.29, 0.717) is 11.3 Å². The van der Waals surface area contributed by atoms with Crippen LogP contribution in [0.25, 0.3) is 0 Å². The van der Waals surface area contributed by atoms with Crippen LogP contribution in [0.1, 0.15) is 91.7 Å². The highest BCUT2D eigenvalue weighted by Crippen LogP contribution is 2.32. The number of ketones is 2. The van der Waals surface area contributed by atoms with Crippen LogP contribution in [-0.2, 0) is 16.0 Å². The van der Waals surface area contributed by atoms with Crippen molar-refractivity contribution in [2.75, 3.05) is 16.0 Å². The zero-order valence-corrected chi connectivity index (χ0v) is 30.4.